The molecule has 2 heterocycles. The number of ether oxygens (including phenoxy) is 3. The van der Waals surface area contributed by atoms with Gasteiger partial charge in [-0.3, -0.25) is 14.4 Å². The van der Waals surface area contributed by atoms with Gasteiger partial charge in [0, 0.05) is 24.3 Å². The van der Waals surface area contributed by atoms with E-state index in [9.17, 15) is 34.8 Å². The van der Waals surface area contributed by atoms with Crippen molar-refractivity contribution in [1.29, 1.82) is 0 Å². The smallest absolute Gasteiger partial charge is 0.306 e. The molecular weight excluding hydrogens is 767 g/mol. The molecule has 0 spiro atoms. The van der Waals surface area contributed by atoms with Crippen molar-refractivity contribution in [2.24, 2.45) is 5.73 Å². The fourth-order valence-corrected chi connectivity index (χ4v) is 7.79. The molecule has 1 saturated heterocycles. The van der Waals surface area contributed by atoms with Crippen LogP contribution in [-0.4, -0.2) is 114 Å². The maximum atomic E-state index is 12.8. The summed E-state index contributed by atoms with van der Waals surface area (Å²) in [5.74, 6) is -0.644. The SMILES string of the molecule is CCCCCCCCCCCCCC(=O)OCC(CSCC(N)C(=O)Nc1cn(CC2OC(O)C(O)C(O)C2O)nn1)OC(=O)CCCCCCCCCCCCC. The number of aliphatic hydroxyl groups excluding tert-OH is 4. The normalized spacial score (nSPS) is 20.4. The van der Waals surface area contributed by atoms with E-state index in [4.69, 9.17) is 19.9 Å². The topological polar surface area (TPSA) is 229 Å². The van der Waals surface area contributed by atoms with Crippen LogP contribution in [0.5, 0.6) is 0 Å². The van der Waals surface area contributed by atoms with Crippen molar-refractivity contribution in [1.82, 2.24) is 15.0 Å². The van der Waals surface area contributed by atoms with E-state index >= 15 is 0 Å². The number of nitrogens with zero attached hydrogens (tertiary/aromatic N) is 3. The van der Waals surface area contributed by atoms with E-state index in [-0.39, 0.29) is 42.4 Å². The number of esters is 2. The average molecular weight is 844 g/mol. The number of unbranched alkanes of at least 4 members (excludes halogenated alkanes) is 20. The van der Waals surface area contributed by atoms with Crippen molar-refractivity contribution in [3.63, 3.8) is 0 Å². The Bertz CT molecular complexity index is 1230. The highest BCUT2D eigenvalue weighted by atomic mass is 32.2. The van der Waals surface area contributed by atoms with Gasteiger partial charge in [0.05, 0.1) is 18.8 Å². The van der Waals surface area contributed by atoms with Gasteiger partial charge in [0.15, 0.2) is 12.1 Å². The third-order valence-corrected chi connectivity index (χ3v) is 11.7. The molecule has 1 aliphatic rings. The summed E-state index contributed by atoms with van der Waals surface area (Å²) >= 11 is 1.31. The van der Waals surface area contributed by atoms with Gasteiger partial charge in [-0.05, 0) is 12.8 Å². The van der Waals surface area contributed by atoms with Crippen LogP contribution in [0.4, 0.5) is 5.82 Å². The maximum Gasteiger partial charge on any atom is 0.306 e. The first-order chi connectivity index (χ1) is 28.0. The van der Waals surface area contributed by atoms with Gasteiger partial charge in [0.2, 0.25) is 5.91 Å². The summed E-state index contributed by atoms with van der Waals surface area (Å²) in [6.07, 6.45) is 19.8. The quantitative estimate of drug-likeness (QED) is 0.0344. The van der Waals surface area contributed by atoms with Gasteiger partial charge in [-0.1, -0.05) is 147 Å². The van der Waals surface area contributed by atoms with E-state index in [1.165, 1.54) is 125 Å². The number of aromatic nitrogens is 3. The van der Waals surface area contributed by atoms with Gasteiger partial charge < -0.3 is 45.7 Å². The molecular formula is C42H77N5O10S. The molecule has 58 heavy (non-hydrogen) atoms. The first-order valence-corrected chi connectivity index (χ1v) is 23.5. The van der Waals surface area contributed by atoms with Crippen LogP contribution >= 0.6 is 11.8 Å². The molecule has 336 valence electrons. The molecule has 1 fully saturated rings. The van der Waals surface area contributed by atoms with Gasteiger partial charge in [-0.25, -0.2) is 4.68 Å². The zero-order valence-corrected chi connectivity index (χ0v) is 36.3. The van der Waals surface area contributed by atoms with Crippen LogP contribution < -0.4 is 11.1 Å². The predicted octanol–water partition coefficient (Wildman–Crippen LogP) is 5.93. The number of hydrogen-bond acceptors (Lipinski definition) is 14. The third kappa shape index (κ3) is 23.4. The summed E-state index contributed by atoms with van der Waals surface area (Å²) in [5, 5.41) is 49.9. The minimum atomic E-state index is -1.69. The molecule has 0 aliphatic carbocycles. The largest absolute Gasteiger partial charge is 0.462 e. The molecule has 1 aliphatic heterocycles. The van der Waals surface area contributed by atoms with Crippen LogP contribution in [0.3, 0.4) is 0 Å². The van der Waals surface area contributed by atoms with Crippen LogP contribution in [0.25, 0.3) is 0 Å². The monoisotopic (exact) mass is 844 g/mol. The van der Waals surface area contributed by atoms with Crippen LogP contribution in [0, 0.1) is 0 Å². The predicted molar refractivity (Wildman–Crippen MR) is 226 cm³/mol. The lowest BCUT2D eigenvalue weighted by Gasteiger charge is -2.38. The summed E-state index contributed by atoms with van der Waals surface area (Å²) in [4.78, 5) is 38.2. The minimum absolute atomic E-state index is 0.0647. The highest BCUT2D eigenvalue weighted by Gasteiger charge is 2.43. The second-order valence-electron chi connectivity index (χ2n) is 15.9. The zero-order chi connectivity index (χ0) is 42.4. The number of rotatable bonds is 35. The minimum Gasteiger partial charge on any atom is -0.462 e. The first kappa shape index (κ1) is 51.8. The molecule has 16 heteroatoms. The van der Waals surface area contributed by atoms with E-state index in [1.807, 2.05) is 0 Å². The van der Waals surface area contributed by atoms with Gasteiger partial charge in [0.25, 0.3) is 0 Å². The van der Waals surface area contributed by atoms with E-state index in [0.717, 1.165) is 38.5 Å². The fourth-order valence-electron chi connectivity index (χ4n) is 6.82. The Morgan fingerprint density at radius 3 is 1.78 bits per heavy atom. The highest BCUT2D eigenvalue weighted by Crippen LogP contribution is 2.21. The Morgan fingerprint density at radius 1 is 0.741 bits per heavy atom. The molecule has 1 amide bonds. The van der Waals surface area contributed by atoms with Gasteiger partial charge in [0.1, 0.15) is 37.1 Å². The maximum absolute atomic E-state index is 12.8. The molecule has 1 aromatic heterocycles. The number of thioether (sulfide) groups is 1. The number of amides is 1. The molecule has 0 saturated carbocycles. The number of carbonyl (C=O) groups excluding carboxylic acids is 3. The molecule has 0 bridgehead atoms. The van der Waals surface area contributed by atoms with E-state index in [2.05, 4.69) is 29.5 Å². The summed E-state index contributed by atoms with van der Waals surface area (Å²) in [7, 11) is 0. The zero-order valence-electron chi connectivity index (χ0n) is 35.5. The second-order valence-corrected chi connectivity index (χ2v) is 16.9. The Hall–Kier alpha value is -2.34. The number of carbonyl (C=O) groups is 3. The van der Waals surface area contributed by atoms with Gasteiger partial charge >= 0.3 is 11.9 Å². The number of nitrogens with two attached hydrogens (primary N) is 1. The van der Waals surface area contributed by atoms with Crippen molar-refractivity contribution in [3.05, 3.63) is 6.20 Å². The average Bonchev–Trinajstić information content (AvgIpc) is 3.65. The number of nitrogens with one attached hydrogen (secondary N) is 1. The molecule has 0 aromatic carbocycles. The lowest BCUT2D eigenvalue weighted by Crippen LogP contribution is -2.58. The van der Waals surface area contributed by atoms with Gasteiger partial charge in [-0.15, -0.1) is 5.10 Å². The van der Waals surface area contributed by atoms with Crippen molar-refractivity contribution in [3.8, 4) is 0 Å². The molecule has 2 rings (SSSR count). The molecule has 0 radical (unpaired) electrons. The highest BCUT2D eigenvalue weighted by molar-refractivity contribution is 7.99. The number of aliphatic hydroxyl groups is 4. The summed E-state index contributed by atoms with van der Waals surface area (Å²) < 4.78 is 17.7. The standard InChI is InChI=1S/C42H77N5O10S/c1-3-5-7-9-11-13-15-17-19-21-23-25-36(48)55-29-32(56-37(49)26-24-22-20-18-16-14-12-10-8-6-4-2)30-58-31-33(43)41(53)44-35-28-47(46-45-35)27-34-38(50)39(51)40(52)42(54)57-34/h28,32-34,38-40,42,50-52,54H,3-27,29-31,43H2,1-2H3,(H,44,53). The Balaban J connectivity index is 1.75. The number of anilines is 1. The first-order valence-electron chi connectivity index (χ1n) is 22.3. The van der Waals surface area contributed by atoms with Crippen LogP contribution in [0.1, 0.15) is 168 Å². The van der Waals surface area contributed by atoms with Crippen molar-refractivity contribution >= 4 is 35.4 Å². The Labute approximate surface area is 351 Å². The molecule has 7 N–H and O–H groups in total. The van der Waals surface area contributed by atoms with Crippen LogP contribution in [0.15, 0.2) is 6.20 Å². The number of hydrogen-bond donors (Lipinski definition) is 6. The van der Waals surface area contributed by atoms with Gasteiger partial charge in [-0.2, -0.15) is 11.8 Å². The lowest BCUT2D eigenvalue weighted by molar-refractivity contribution is -0.284. The summed E-state index contributed by atoms with van der Waals surface area (Å²) in [6, 6.07) is -0.957. The van der Waals surface area contributed by atoms with Crippen molar-refractivity contribution in [2.75, 3.05) is 23.4 Å². The summed E-state index contributed by atoms with van der Waals surface area (Å²) in [5.41, 5.74) is 6.16. The fraction of sp³-hybridized carbons (Fsp3) is 0.881. The summed E-state index contributed by atoms with van der Waals surface area (Å²) in [6.45, 7) is 4.27. The third-order valence-electron chi connectivity index (χ3n) is 10.5. The van der Waals surface area contributed by atoms with E-state index in [0.29, 0.717) is 12.8 Å². The molecule has 7 atom stereocenters. The Morgan fingerprint density at radius 2 is 1.24 bits per heavy atom. The van der Waals surface area contributed by atoms with Crippen LogP contribution in [-0.2, 0) is 35.1 Å². The van der Waals surface area contributed by atoms with E-state index in [1.54, 1.807) is 0 Å². The molecule has 1 aromatic rings. The second kappa shape index (κ2) is 32.4. The Kier molecular flexibility index (Phi) is 29.0. The van der Waals surface area contributed by atoms with E-state index < -0.39 is 48.8 Å². The van der Waals surface area contributed by atoms with Crippen LogP contribution in [0.2, 0.25) is 0 Å². The molecule has 15 nitrogen and oxygen atoms in total. The molecule has 7 unspecified atom stereocenters. The van der Waals surface area contributed by atoms with Crippen molar-refractivity contribution < 1.29 is 49.0 Å². The van der Waals surface area contributed by atoms with Crippen molar-refractivity contribution in [2.45, 2.75) is 217 Å². The lowest BCUT2D eigenvalue weighted by atomic mass is 9.99.